The van der Waals surface area contributed by atoms with E-state index < -0.39 is 15.9 Å². The van der Waals surface area contributed by atoms with Gasteiger partial charge in [-0.15, -0.1) is 11.3 Å². The number of amides is 1. The first-order chi connectivity index (χ1) is 12.4. The summed E-state index contributed by atoms with van der Waals surface area (Å²) in [6.45, 7) is 1.47. The quantitative estimate of drug-likeness (QED) is 0.673. The number of nitrogens with one attached hydrogen (secondary N) is 2. The summed E-state index contributed by atoms with van der Waals surface area (Å²) in [5.74, 6) is 0.00233. The van der Waals surface area contributed by atoms with E-state index in [0.717, 1.165) is 15.2 Å². The highest BCUT2D eigenvalue weighted by atomic mass is 32.2. The average Bonchev–Trinajstić information content (AvgIpc) is 2.99. The number of hydrogen-bond donors (Lipinski definition) is 2. The number of hydrogen-bond acceptors (Lipinski definition) is 6. The number of benzene rings is 2. The van der Waals surface area contributed by atoms with Gasteiger partial charge >= 0.3 is 0 Å². The van der Waals surface area contributed by atoms with Gasteiger partial charge in [-0.05, 0) is 37.3 Å². The molecule has 9 heteroatoms. The number of fused-ring (bicyclic) bond motifs is 1. The van der Waals surface area contributed by atoms with Crippen molar-refractivity contribution in [2.75, 3.05) is 19.0 Å². The highest BCUT2D eigenvalue weighted by Gasteiger charge is 2.17. The van der Waals surface area contributed by atoms with Crippen LogP contribution in [-0.2, 0) is 14.8 Å². The summed E-state index contributed by atoms with van der Waals surface area (Å²) in [7, 11) is -2.32. The largest absolute Gasteiger partial charge is 0.495 e. The zero-order valence-corrected chi connectivity index (χ0v) is 15.8. The Bertz CT molecular complexity index is 1060. The van der Waals surface area contributed by atoms with E-state index in [0.29, 0.717) is 11.4 Å². The van der Waals surface area contributed by atoms with Crippen molar-refractivity contribution in [2.45, 2.75) is 11.8 Å². The zero-order chi connectivity index (χ0) is 18.7. The smallest absolute Gasteiger partial charge is 0.241 e. The van der Waals surface area contributed by atoms with E-state index in [1.807, 2.05) is 6.92 Å². The van der Waals surface area contributed by atoms with Gasteiger partial charge in [0.25, 0.3) is 0 Å². The molecule has 3 rings (SSSR count). The first-order valence-corrected chi connectivity index (χ1v) is 9.99. The van der Waals surface area contributed by atoms with Crippen LogP contribution in [0.2, 0.25) is 0 Å². The molecule has 2 N–H and O–H groups in total. The van der Waals surface area contributed by atoms with Gasteiger partial charge in [-0.2, -0.15) is 0 Å². The van der Waals surface area contributed by atoms with Crippen molar-refractivity contribution in [3.05, 3.63) is 47.5 Å². The van der Waals surface area contributed by atoms with Crippen molar-refractivity contribution < 1.29 is 17.9 Å². The number of nitrogens with zero attached hydrogens (tertiary/aromatic N) is 1. The van der Waals surface area contributed by atoms with E-state index in [1.54, 1.807) is 36.4 Å². The Kier molecular flexibility index (Phi) is 5.21. The molecule has 0 saturated heterocycles. The molecule has 0 spiro atoms. The molecule has 2 aromatic carbocycles. The van der Waals surface area contributed by atoms with Crippen LogP contribution in [0, 0.1) is 6.92 Å². The van der Waals surface area contributed by atoms with Gasteiger partial charge in [0, 0.05) is 0 Å². The van der Waals surface area contributed by atoms with Crippen LogP contribution in [0.15, 0.2) is 47.4 Å². The minimum atomic E-state index is -3.81. The molecule has 0 unspecified atom stereocenters. The van der Waals surface area contributed by atoms with Crippen LogP contribution in [0.5, 0.6) is 5.75 Å². The van der Waals surface area contributed by atoms with Crippen molar-refractivity contribution in [3.63, 3.8) is 0 Å². The molecule has 1 aromatic heterocycles. The fourth-order valence-corrected chi connectivity index (χ4v) is 4.32. The zero-order valence-electron chi connectivity index (χ0n) is 14.1. The van der Waals surface area contributed by atoms with E-state index in [4.69, 9.17) is 4.74 Å². The van der Waals surface area contributed by atoms with Crippen LogP contribution in [0.4, 0.5) is 5.69 Å². The number of aromatic nitrogens is 1. The van der Waals surface area contributed by atoms with E-state index in [1.165, 1.54) is 24.5 Å². The van der Waals surface area contributed by atoms with Crippen LogP contribution < -0.4 is 14.8 Å². The van der Waals surface area contributed by atoms with Gasteiger partial charge in [0.1, 0.15) is 5.75 Å². The Morgan fingerprint density at radius 1 is 1.23 bits per heavy atom. The Morgan fingerprint density at radius 2 is 2.00 bits per heavy atom. The van der Waals surface area contributed by atoms with Crippen LogP contribution in [-0.4, -0.2) is 33.0 Å². The summed E-state index contributed by atoms with van der Waals surface area (Å²) in [5, 5.41) is 3.48. The molecule has 0 fully saturated rings. The number of para-hydroxylation sites is 2. The Balaban J connectivity index is 1.69. The normalized spacial score (nSPS) is 11.5. The predicted octanol–water partition coefficient (Wildman–Crippen LogP) is 2.53. The molecule has 1 amide bonds. The number of anilines is 1. The number of ether oxygens (including phenoxy) is 1. The third-order valence-corrected chi connectivity index (χ3v) is 5.91. The number of sulfonamides is 1. The standard InChI is InChI=1S/C17H17N3O4S2/c1-11-19-14-8-7-12(9-16(14)25-11)26(22,23)18-10-17(21)20-13-5-3-4-6-15(13)24-2/h3-9,18H,10H2,1-2H3,(H,20,21). The van der Waals surface area contributed by atoms with E-state index in [-0.39, 0.29) is 11.4 Å². The second kappa shape index (κ2) is 7.40. The second-order valence-corrected chi connectivity index (χ2v) is 8.44. The molecule has 136 valence electrons. The Morgan fingerprint density at radius 3 is 2.77 bits per heavy atom. The minimum Gasteiger partial charge on any atom is -0.495 e. The van der Waals surface area contributed by atoms with Crippen LogP contribution >= 0.6 is 11.3 Å². The first-order valence-electron chi connectivity index (χ1n) is 7.69. The average molecular weight is 391 g/mol. The molecule has 3 aromatic rings. The number of thiazole rings is 1. The maximum atomic E-state index is 12.4. The third kappa shape index (κ3) is 4.01. The Labute approximate surface area is 155 Å². The fourth-order valence-electron chi connectivity index (χ4n) is 2.37. The SMILES string of the molecule is COc1ccccc1NC(=O)CNS(=O)(=O)c1ccc2nc(C)sc2c1. The summed E-state index contributed by atoms with van der Waals surface area (Å²) in [6, 6.07) is 11.6. The van der Waals surface area contributed by atoms with Crippen molar-refractivity contribution >= 4 is 43.2 Å². The fraction of sp³-hybridized carbons (Fsp3) is 0.176. The summed E-state index contributed by atoms with van der Waals surface area (Å²) in [5.41, 5.74) is 1.22. The summed E-state index contributed by atoms with van der Waals surface area (Å²) in [6.07, 6.45) is 0. The predicted molar refractivity (Wildman–Crippen MR) is 101 cm³/mol. The molecule has 0 bridgehead atoms. The number of methoxy groups -OCH3 is 1. The lowest BCUT2D eigenvalue weighted by Crippen LogP contribution is -2.33. The topological polar surface area (TPSA) is 97.4 Å². The van der Waals surface area contributed by atoms with Gasteiger partial charge < -0.3 is 10.1 Å². The number of carbonyl (C=O) groups is 1. The molecule has 0 radical (unpaired) electrons. The van der Waals surface area contributed by atoms with Gasteiger partial charge in [0.15, 0.2) is 0 Å². The monoisotopic (exact) mass is 391 g/mol. The van der Waals surface area contributed by atoms with Crippen LogP contribution in [0.1, 0.15) is 5.01 Å². The van der Waals surface area contributed by atoms with Crippen LogP contribution in [0.25, 0.3) is 10.2 Å². The maximum Gasteiger partial charge on any atom is 0.241 e. The molecular formula is C17H17N3O4S2. The lowest BCUT2D eigenvalue weighted by atomic mass is 10.3. The molecule has 0 aliphatic carbocycles. The summed E-state index contributed by atoms with van der Waals surface area (Å²) < 4.78 is 33.1. The lowest BCUT2D eigenvalue weighted by Gasteiger charge is -2.10. The Hall–Kier alpha value is -2.49. The number of carbonyl (C=O) groups excluding carboxylic acids is 1. The molecule has 7 nitrogen and oxygen atoms in total. The highest BCUT2D eigenvalue weighted by Crippen LogP contribution is 2.25. The van der Waals surface area contributed by atoms with Crippen LogP contribution in [0.3, 0.4) is 0 Å². The van der Waals surface area contributed by atoms with Gasteiger partial charge in [-0.25, -0.2) is 18.1 Å². The molecule has 0 atom stereocenters. The lowest BCUT2D eigenvalue weighted by molar-refractivity contribution is -0.115. The minimum absolute atomic E-state index is 0.0961. The molecule has 0 aliphatic rings. The molecule has 0 saturated carbocycles. The second-order valence-electron chi connectivity index (χ2n) is 5.44. The van der Waals surface area contributed by atoms with E-state index in [2.05, 4.69) is 15.0 Å². The third-order valence-electron chi connectivity index (χ3n) is 3.58. The molecule has 0 aliphatic heterocycles. The van der Waals surface area contributed by atoms with E-state index >= 15 is 0 Å². The number of rotatable bonds is 6. The molecule has 26 heavy (non-hydrogen) atoms. The van der Waals surface area contributed by atoms with Gasteiger partial charge in [0.05, 0.1) is 39.5 Å². The van der Waals surface area contributed by atoms with Crippen molar-refractivity contribution in [2.24, 2.45) is 0 Å². The van der Waals surface area contributed by atoms with Gasteiger partial charge in [-0.1, -0.05) is 12.1 Å². The molecule has 1 heterocycles. The van der Waals surface area contributed by atoms with Crippen molar-refractivity contribution in [1.29, 1.82) is 0 Å². The van der Waals surface area contributed by atoms with Gasteiger partial charge in [-0.3, -0.25) is 4.79 Å². The van der Waals surface area contributed by atoms with Crippen molar-refractivity contribution in [1.82, 2.24) is 9.71 Å². The first kappa shape index (κ1) is 18.3. The maximum absolute atomic E-state index is 12.4. The molecular weight excluding hydrogens is 374 g/mol. The van der Waals surface area contributed by atoms with Crippen molar-refractivity contribution in [3.8, 4) is 5.75 Å². The van der Waals surface area contributed by atoms with Gasteiger partial charge in [0.2, 0.25) is 15.9 Å². The highest BCUT2D eigenvalue weighted by molar-refractivity contribution is 7.89. The van der Waals surface area contributed by atoms with E-state index in [9.17, 15) is 13.2 Å². The number of aryl methyl sites for hydroxylation is 1. The summed E-state index contributed by atoms with van der Waals surface area (Å²) in [4.78, 5) is 16.5. The summed E-state index contributed by atoms with van der Waals surface area (Å²) >= 11 is 1.42.